The number of carbonyl (C=O) groups is 1. The molecule has 1 aromatic carbocycles. The molecule has 0 spiro atoms. The lowest BCUT2D eigenvalue weighted by Crippen LogP contribution is -2.56. The molecule has 1 saturated heterocycles. The average Bonchev–Trinajstić information content (AvgIpc) is 2.75. The molecule has 33 heavy (non-hydrogen) atoms. The van der Waals surface area contributed by atoms with E-state index in [0.717, 1.165) is 5.56 Å². The number of amides is 1. The van der Waals surface area contributed by atoms with Crippen molar-refractivity contribution in [2.24, 2.45) is 5.73 Å². The standard InChI is InChI=1S/C23H31F2N5O3/c1-3-30(11-16-5-4-15(2)10-17(16)24)22-21(25)18(27-14-28-22)6-7-23(33)8-9-29(12-19(23)31)13-20(26)32/h4-5,10,14,19,31,33H,3,6-9,11-13H2,1-2H3,(H2,26,32)/t19-,23-/m1/s1. The predicted molar refractivity (Wildman–Crippen MR) is 119 cm³/mol. The van der Waals surface area contributed by atoms with E-state index in [1.54, 1.807) is 28.9 Å². The van der Waals surface area contributed by atoms with Gasteiger partial charge in [-0.25, -0.2) is 18.7 Å². The van der Waals surface area contributed by atoms with Gasteiger partial charge < -0.3 is 20.8 Å². The monoisotopic (exact) mass is 463 g/mol. The number of aliphatic hydroxyl groups excluding tert-OH is 1. The number of rotatable bonds is 9. The SMILES string of the molecule is CCN(Cc1ccc(C)cc1F)c1ncnc(CC[C@@]2(O)CCN(CC(N)=O)C[C@H]2O)c1F. The molecule has 2 aromatic rings. The zero-order valence-electron chi connectivity index (χ0n) is 19.0. The molecule has 0 aliphatic carbocycles. The molecule has 0 unspecified atom stereocenters. The van der Waals surface area contributed by atoms with E-state index >= 15 is 4.39 Å². The van der Waals surface area contributed by atoms with Gasteiger partial charge in [0.05, 0.1) is 23.9 Å². The lowest BCUT2D eigenvalue weighted by atomic mass is 9.84. The number of anilines is 1. The van der Waals surface area contributed by atoms with Crippen LogP contribution in [0.15, 0.2) is 24.5 Å². The van der Waals surface area contributed by atoms with E-state index < -0.39 is 23.4 Å². The van der Waals surface area contributed by atoms with Gasteiger partial charge in [0.1, 0.15) is 12.1 Å². The third kappa shape index (κ3) is 6.01. The van der Waals surface area contributed by atoms with Crippen LogP contribution in [0.2, 0.25) is 0 Å². The van der Waals surface area contributed by atoms with Crippen molar-refractivity contribution in [1.82, 2.24) is 14.9 Å². The number of hydrogen-bond donors (Lipinski definition) is 3. The molecule has 8 nitrogen and oxygen atoms in total. The Morgan fingerprint density at radius 2 is 2.12 bits per heavy atom. The van der Waals surface area contributed by atoms with Crippen molar-refractivity contribution >= 4 is 11.7 Å². The van der Waals surface area contributed by atoms with Crippen molar-refractivity contribution in [2.45, 2.75) is 51.4 Å². The third-order valence-corrected chi connectivity index (χ3v) is 6.18. The van der Waals surface area contributed by atoms with Crippen LogP contribution in [0.4, 0.5) is 14.6 Å². The summed E-state index contributed by atoms with van der Waals surface area (Å²) in [5, 5.41) is 21.3. The van der Waals surface area contributed by atoms with Gasteiger partial charge in [-0.3, -0.25) is 9.69 Å². The molecule has 0 bridgehead atoms. The number of halogens is 2. The highest BCUT2D eigenvalue weighted by atomic mass is 19.1. The lowest BCUT2D eigenvalue weighted by Gasteiger charge is -2.41. The van der Waals surface area contributed by atoms with Crippen LogP contribution in [0.1, 0.15) is 36.6 Å². The molecule has 1 aliphatic rings. The van der Waals surface area contributed by atoms with E-state index in [2.05, 4.69) is 9.97 Å². The number of β-amino-alcohol motifs (C(OH)–C–C–N with tert-alkyl or cyclic N) is 1. The number of primary amides is 1. The maximum Gasteiger partial charge on any atom is 0.231 e. The Morgan fingerprint density at radius 1 is 1.36 bits per heavy atom. The summed E-state index contributed by atoms with van der Waals surface area (Å²) in [6.07, 6.45) is 0.532. The third-order valence-electron chi connectivity index (χ3n) is 6.18. The van der Waals surface area contributed by atoms with Crippen LogP contribution in [0.3, 0.4) is 0 Å². The first-order valence-electron chi connectivity index (χ1n) is 11.0. The van der Waals surface area contributed by atoms with Crippen molar-refractivity contribution in [3.8, 4) is 0 Å². The van der Waals surface area contributed by atoms with Crippen molar-refractivity contribution in [3.05, 3.63) is 53.0 Å². The largest absolute Gasteiger partial charge is 0.389 e. The van der Waals surface area contributed by atoms with E-state index in [1.165, 1.54) is 12.4 Å². The van der Waals surface area contributed by atoms with Gasteiger partial charge in [0.25, 0.3) is 0 Å². The Kier molecular flexibility index (Phi) is 7.93. The Hall–Kier alpha value is -2.69. The van der Waals surface area contributed by atoms with Crippen LogP contribution in [0.5, 0.6) is 0 Å². The molecule has 2 atom stereocenters. The Morgan fingerprint density at radius 3 is 2.76 bits per heavy atom. The second kappa shape index (κ2) is 10.5. The minimum absolute atomic E-state index is 0.00542. The number of aliphatic hydroxyl groups is 2. The number of aryl methyl sites for hydroxylation is 2. The van der Waals surface area contributed by atoms with Crippen LogP contribution in [0, 0.1) is 18.6 Å². The summed E-state index contributed by atoms with van der Waals surface area (Å²) in [7, 11) is 0. The second-order valence-electron chi connectivity index (χ2n) is 8.64. The van der Waals surface area contributed by atoms with E-state index in [4.69, 9.17) is 5.73 Å². The highest BCUT2D eigenvalue weighted by Gasteiger charge is 2.40. The molecule has 10 heteroatoms. The zero-order valence-corrected chi connectivity index (χ0v) is 19.0. The van der Waals surface area contributed by atoms with Gasteiger partial charge in [0.15, 0.2) is 11.6 Å². The first-order valence-corrected chi connectivity index (χ1v) is 11.0. The number of likely N-dealkylation sites (tertiary alicyclic amines) is 1. The van der Waals surface area contributed by atoms with Gasteiger partial charge >= 0.3 is 0 Å². The Labute approximate surface area is 192 Å². The van der Waals surface area contributed by atoms with E-state index in [1.807, 2.05) is 6.92 Å². The molecule has 1 fully saturated rings. The first kappa shape index (κ1) is 24.9. The van der Waals surface area contributed by atoms with E-state index in [0.29, 0.717) is 18.7 Å². The Balaban J connectivity index is 1.71. The Bertz CT molecular complexity index is 993. The molecule has 4 N–H and O–H groups in total. The number of hydrogen-bond acceptors (Lipinski definition) is 7. The summed E-state index contributed by atoms with van der Waals surface area (Å²) in [6, 6.07) is 4.91. The zero-order chi connectivity index (χ0) is 24.2. The first-order chi connectivity index (χ1) is 15.6. The van der Waals surface area contributed by atoms with Crippen LogP contribution in [-0.2, 0) is 17.8 Å². The predicted octanol–water partition coefficient (Wildman–Crippen LogP) is 1.31. The highest BCUT2D eigenvalue weighted by Crippen LogP contribution is 2.29. The average molecular weight is 464 g/mol. The topological polar surface area (TPSA) is 116 Å². The van der Waals surface area contributed by atoms with E-state index in [9.17, 15) is 19.4 Å². The summed E-state index contributed by atoms with van der Waals surface area (Å²) >= 11 is 0. The molecule has 0 radical (unpaired) electrons. The van der Waals surface area contributed by atoms with Gasteiger partial charge in [-0.15, -0.1) is 0 Å². The fraction of sp³-hybridized carbons (Fsp3) is 0.522. The molecular weight excluding hydrogens is 432 g/mol. The maximum atomic E-state index is 15.3. The molecule has 1 aromatic heterocycles. The van der Waals surface area contributed by atoms with Crippen LogP contribution >= 0.6 is 0 Å². The van der Waals surface area contributed by atoms with Gasteiger partial charge in [0, 0.05) is 31.7 Å². The van der Waals surface area contributed by atoms with Gasteiger partial charge in [-0.05, 0) is 44.7 Å². The fourth-order valence-corrected chi connectivity index (χ4v) is 4.13. The number of nitrogens with two attached hydrogens (primary N) is 1. The molecule has 1 aliphatic heterocycles. The van der Waals surface area contributed by atoms with Crippen molar-refractivity contribution in [3.63, 3.8) is 0 Å². The molecule has 3 rings (SSSR count). The molecule has 180 valence electrons. The summed E-state index contributed by atoms with van der Waals surface area (Å²) in [6.45, 7) is 4.67. The van der Waals surface area contributed by atoms with Crippen molar-refractivity contribution < 1.29 is 23.8 Å². The second-order valence-corrected chi connectivity index (χ2v) is 8.64. The molecule has 2 heterocycles. The lowest BCUT2D eigenvalue weighted by molar-refractivity contribution is -0.132. The quantitative estimate of drug-likeness (QED) is 0.513. The fourth-order valence-electron chi connectivity index (χ4n) is 4.13. The van der Waals surface area contributed by atoms with Gasteiger partial charge in [-0.2, -0.15) is 0 Å². The smallest absolute Gasteiger partial charge is 0.231 e. The van der Waals surface area contributed by atoms with Crippen LogP contribution < -0.4 is 10.6 Å². The van der Waals surface area contributed by atoms with Gasteiger partial charge in [-0.1, -0.05) is 12.1 Å². The number of aromatic nitrogens is 2. The number of nitrogens with zero attached hydrogens (tertiary/aromatic N) is 4. The highest BCUT2D eigenvalue weighted by molar-refractivity contribution is 5.75. The normalized spacial score (nSPS) is 21.2. The number of piperidine rings is 1. The maximum absolute atomic E-state index is 15.3. The molecular formula is C23H31F2N5O3. The minimum Gasteiger partial charge on any atom is -0.389 e. The summed E-state index contributed by atoms with van der Waals surface area (Å²) in [5.41, 5.74) is 5.11. The van der Waals surface area contributed by atoms with Crippen molar-refractivity contribution in [1.29, 1.82) is 0 Å². The summed E-state index contributed by atoms with van der Waals surface area (Å²) < 4.78 is 29.6. The van der Waals surface area contributed by atoms with Crippen LogP contribution in [-0.4, -0.2) is 68.9 Å². The molecule has 1 amide bonds. The number of benzene rings is 1. The minimum atomic E-state index is -1.43. The van der Waals surface area contributed by atoms with Gasteiger partial charge in [0.2, 0.25) is 5.91 Å². The summed E-state index contributed by atoms with van der Waals surface area (Å²) in [5.74, 6) is -1.43. The van der Waals surface area contributed by atoms with Crippen LogP contribution in [0.25, 0.3) is 0 Å². The summed E-state index contributed by atoms with van der Waals surface area (Å²) in [4.78, 5) is 22.5. The van der Waals surface area contributed by atoms with E-state index in [-0.39, 0.29) is 56.2 Å². The molecule has 0 saturated carbocycles. The van der Waals surface area contributed by atoms with Crippen molar-refractivity contribution in [2.75, 3.05) is 31.1 Å². The number of carbonyl (C=O) groups excluding carboxylic acids is 1.